The van der Waals surface area contributed by atoms with Gasteiger partial charge in [-0.15, -0.1) is 0 Å². The van der Waals surface area contributed by atoms with Crippen LogP contribution < -0.4 is 15.5 Å². The zero-order chi connectivity index (χ0) is 16.9. The minimum atomic E-state index is -0.254. The Labute approximate surface area is 146 Å². The number of hydrogen-bond acceptors (Lipinski definition) is 4. The van der Waals surface area contributed by atoms with E-state index in [1.165, 1.54) is 6.07 Å². The number of rotatable bonds is 3. The number of pyridine rings is 2. The number of hydrogen-bond donors (Lipinski definition) is 2. The van der Waals surface area contributed by atoms with E-state index >= 15 is 0 Å². The third-order valence-corrected chi connectivity index (χ3v) is 4.23. The molecule has 2 aromatic heterocycles. The van der Waals surface area contributed by atoms with Crippen LogP contribution in [0.1, 0.15) is 18.4 Å². The third-order valence-electron chi connectivity index (χ3n) is 4.01. The molecular weight excluding hydrogens is 325 g/mol. The smallest absolute Gasteiger partial charge is 0.171 e. The lowest BCUT2D eigenvalue weighted by Crippen LogP contribution is -2.46. The minimum Gasteiger partial charge on any atom is -0.360 e. The second kappa shape index (κ2) is 7.53. The molecule has 0 aromatic carbocycles. The van der Waals surface area contributed by atoms with Gasteiger partial charge in [0.25, 0.3) is 0 Å². The maximum absolute atomic E-state index is 14.0. The van der Waals surface area contributed by atoms with Gasteiger partial charge in [0.2, 0.25) is 0 Å². The van der Waals surface area contributed by atoms with E-state index in [0.29, 0.717) is 10.9 Å². The van der Waals surface area contributed by atoms with E-state index in [1.807, 2.05) is 24.0 Å². The van der Waals surface area contributed by atoms with Crippen molar-refractivity contribution in [2.75, 3.05) is 23.3 Å². The molecule has 2 aromatic rings. The van der Waals surface area contributed by atoms with E-state index in [-0.39, 0.29) is 11.9 Å². The number of anilines is 2. The Morgan fingerprint density at radius 2 is 2.12 bits per heavy atom. The molecule has 5 nitrogen and oxygen atoms in total. The van der Waals surface area contributed by atoms with Gasteiger partial charge in [-0.25, -0.2) is 9.37 Å². The number of aryl methyl sites for hydroxylation is 1. The average Bonchev–Trinajstić information content (AvgIpc) is 2.57. The summed E-state index contributed by atoms with van der Waals surface area (Å²) in [5, 5.41) is 7.02. The van der Waals surface area contributed by atoms with Crippen molar-refractivity contribution in [1.29, 1.82) is 0 Å². The summed E-state index contributed by atoms with van der Waals surface area (Å²) in [6.45, 7) is 3.34. The first kappa shape index (κ1) is 16.6. The lowest BCUT2D eigenvalue weighted by Gasteiger charge is -2.33. The Morgan fingerprint density at radius 3 is 2.79 bits per heavy atom. The molecule has 1 aliphatic heterocycles. The number of thiocarbonyl (C=S) groups is 1. The molecule has 0 saturated carbocycles. The molecule has 1 saturated heterocycles. The number of nitrogens with one attached hydrogen (secondary N) is 2. The van der Waals surface area contributed by atoms with Crippen LogP contribution in [0.2, 0.25) is 0 Å². The Bertz CT molecular complexity index is 701. The summed E-state index contributed by atoms with van der Waals surface area (Å²) >= 11 is 5.34. The molecule has 1 aliphatic rings. The number of piperidine rings is 1. The molecule has 0 radical (unpaired) electrons. The summed E-state index contributed by atoms with van der Waals surface area (Å²) in [5.41, 5.74) is 1.69. The first-order valence-electron chi connectivity index (χ1n) is 7.96. The molecule has 0 unspecified atom stereocenters. The van der Waals surface area contributed by atoms with Gasteiger partial charge >= 0.3 is 0 Å². The van der Waals surface area contributed by atoms with Gasteiger partial charge in [-0.2, -0.15) is 0 Å². The average molecular weight is 345 g/mol. The lowest BCUT2D eigenvalue weighted by atomic mass is 10.1. The Kier molecular flexibility index (Phi) is 5.20. The van der Waals surface area contributed by atoms with Gasteiger partial charge in [-0.05, 0) is 55.7 Å². The monoisotopic (exact) mass is 345 g/mol. The molecule has 3 heterocycles. The summed E-state index contributed by atoms with van der Waals surface area (Å²) in [4.78, 5) is 10.3. The quantitative estimate of drug-likeness (QED) is 0.835. The number of halogens is 1. The zero-order valence-corrected chi connectivity index (χ0v) is 14.3. The van der Waals surface area contributed by atoms with Crippen LogP contribution >= 0.6 is 12.2 Å². The molecule has 7 heteroatoms. The summed E-state index contributed by atoms with van der Waals surface area (Å²) < 4.78 is 14.0. The lowest BCUT2D eigenvalue weighted by molar-refractivity contribution is 0.460. The van der Waals surface area contributed by atoms with Crippen LogP contribution in [-0.4, -0.2) is 34.2 Å². The van der Waals surface area contributed by atoms with Gasteiger partial charge in [0.15, 0.2) is 16.7 Å². The minimum absolute atomic E-state index is 0.254. The van der Waals surface area contributed by atoms with Crippen LogP contribution in [0, 0.1) is 12.7 Å². The van der Waals surface area contributed by atoms with E-state index in [4.69, 9.17) is 12.2 Å². The van der Waals surface area contributed by atoms with E-state index in [1.54, 1.807) is 18.6 Å². The van der Waals surface area contributed by atoms with Crippen LogP contribution in [0.4, 0.5) is 15.9 Å². The fourth-order valence-corrected chi connectivity index (χ4v) is 3.07. The Morgan fingerprint density at radius 1 is 1.33 bits per heavy atom. The van der Waals surface area contributed by atoms with E-state index in [0.717, 1.165) is 37.2 Å². The normalized spacial score (nSPS) is 15.2. The summed E-state index contributed by atoms with van der Waals surface area (Å²) in [5.74, 6) is 0.185. The molecule has 24 heavy (non-hydrogen) atoms. The van der Waals surface area contributed by atoms with Gasteiger partial charge in [-0.3, -0.25) is 4.98 Å². The third kappa shape index (κ3) is 4.17. The molecule has 0 amide bonds. The molecular formula is C17H20FN5S. The van der Waals surface area contributed by atoms with Crippen molar-refractivity contribution >= 4 is 28.8 Å². The van der Waals surface area contributed by atoms with Crippen molar-refractivity contribution in [2.45, 2.75) is 25.8 Å². The fourth-order valence-electron chi connectivity index (χ4n) is 2.78. The van der Waals surface area contributed by atoms with Gasteiger partial charge in [-0.1, -0.05) is 0 Å². The molecule has 3 rings (SSSR count). The predicted octanol–water partition coefficient (Wildman–Crippen LogP) is 2.88. The van der Waals surface area contributed by atoms with Crippen molar-refractivity contribution in [3.8, 4) is 0 Å². The second-order valence-corrected chi connectivity index (χ2v) is 6.33. The van der Waals surface area contributed by atoms with Crippen LogP contribution in [0.15, 0.2) is 36.8 Å². The van der Waals surface area contributed by atoms with E-state index < -0.39 is 0 Å². The van der Waals surface area contributed by atoms with E-state index in [2.05, 4.69) is 20.6 Å². The first-order valence-corrected chi connectivity index (χ1v) is 8.37. The van der Waals surface area contributed by atoms with Gasteiger partial charge < -0.3 is 15.5 Å². The van der Waals surface area contributed by atoms with Crippen LogP contribution in [0.25, 0.3) is 0 Å². The molecule has 0 bridgehead atoms. The van der Waals surface area contributed by atoms with Gasteiger partial charge in [0.05, 0.1) is 11.9 Å². The molecule has 1 fully saturated rings. The Balaban J connectivity index is 1.51. The van der Waals surface area contributed by atoms with Crippen LogP contribution in [-0.2, 0) is 0 Å². The topological polar surface area (TPSA) is 53.1 Å². The van der Waals surface area contributed by atoms with E-state index in [9.17, 15) is 4.39 Å². The number of nitrogens with zero attached hydrogens (tertiary/aromatic N) is 3. The van der Waals surface area contributed by atoms with Crippen LogP contribution in [0.5, 0.6) is 0 Å². The molecule has 0 spiro atoms. The molecule has 0 atom stereocenters. The van der Waals surface area contributed by atoms with Crippen molar-refractivity contribution in [3.05, 3.63) is 48.2 Å². The van der Waals surface area contributed by atoms with Crippen molar-refractivity contribution in [3.63, 3.8) is 0 Å². The first-order chi connectivity index (χ1) is 11.6. The predicted molar refractivity (Wildman–Crippen MR) is 97.8 cm³/mol. The standard InChI is InChI=1S/C17H20FN5S/c1-12-9-15(18)16(20-10-12)23-7-4-13(5-8-23)21-17(24)22-14-3-2-6-19-11-14/h2-3,6,9-11,13H,4-5,7-8H2,1H3,(H2,21,22,24). The highest BCUT2D eigenvalue weighted by atomic mass is 32.1. The van der Waals surface area contributed by atoms with Crippen molar-refractivity contribution in [2.24, 2.45) is 0 Å². The second-order valence-electron chi connectivity index (χ2n) is 5.92. The maximum atomic E-state index is 14.0. The maximum Gasteiger partial charge on any atom is 0.171 e. The fraction of sp³-hybridized carbons (Fsp3) is 0.353. The van der Waals surface area contributed by atoms with Gasteiger partial charge in [0.1, 0.15) is 0 Å². The highest BCUT2D eigenvalue weighted by Gasteiger charge is 2.22. The zero-order valence-electron chi connectivity index (χ0n) is 13.5. The summed E-state index contributed by atoms with van der Waals surface area (Å²) in [7, 11) is 0. The SMILES string of the molecule is Cc1cnc(N2CCC(NC(=S)Nc3cccnc3)CC2)c(F)c1. The Hall–Kier alpha value is -2.28. The molecule has 126 valence electrons. The van der Waals surface area contributed by atoms with Gasteiger partial charge in [0, 0.05) is 31.5 Å². The van der Waals surface area contributed by atoms with Crippen LogP contribution in [0.3, 0.4) is 0 Å². The largest absolute Gasteiger partial charge is 0.360 e. The highest BCUT2D eigenvalue weighted by molar-refractivity contribution is 7.80. The van der Waals surface area contributed by atoms with Crippen molar-refractivity contribution < 1.29 is 4.39 Å². The highest BCUT2D eigenvalue weighted by Crippen LogP contribution is 2.21. The molecule has 2 N–H and O–H groups in total. The number of aromatic nitrogens is 2. The van der Waals surface area contributed by atoms with Crippen molar-refractivity contribution in [1.82, 2.24) is 15.3 Å². The summed E-state index contributed by atoms with van der Waals surface area (Å²) in [6, 6.07) is 5.56. The summed E-state index contributed by atoms with van der Waals surface area (Å²) in [6.07, 6.45) is 6.90. The molecule has 0 aliphatic carbocycles.